The zero-order chi connectivity index (χ0) is 11.0. The van der Waals surface area contributed by atoms with Gasteiger partial charge in [-0.25, -0.2) is 0 Å². The van der Waals surface area contributed by atoms with E-state index in [4.69, 9.17) is 0 Å². The number of rotatable bonds is 8. The quantitative estimate of drug-likeness (QED) is 0.488. The van der Waals surface area contributed by atoms with Crippen molar-refractivity contribution in [1.29, 1.82) is 0 Å². The Bertz CT molecular complexity index is 107. The van der Waals surface area contributed by atoms with E-state index in [0.29, 0.717) is 5.41 Å². The van der Waals surface area contributed by atoms with Gasteiger partial charge in [0.15, 0.2) is 0 Å². The van der Waals surface area contributed by atoms with Gasteiger partial charge in [-0.05, 0) is 37.0 Å². The first-order valence-electron chi connectivity index (χ1n) is 6.60. The summed E-state index contributed by atoms with van der Waals surface area (Å²) in [5.74, 6) is 0.861. The maximum absolute atomic E-state index is 2.37. The largest absolute Gasteiger partial charge is 0.0654 e. The summed E-state index contributed by atoms with van der Waals surface area (Å²) >= 11 is 0. The fourth-order valence-corrected chi connectivity index (χ4v) is 3.14. The first kappa shape index (κ1) is 14.0. The smallest absolute Gasteiger partial charge is 0.0295 e. The van der Waals surface area contributed by atoms with Crippen molar-refractivity contribution in [3.8, 4) is 0 Å². The molecule has 0 unspecified atom stereocenters. The van der Waals surface area contributed by atoms with Gasteiger partial charge in [-0.2, -0.15) is 0 Å². The molecule has 0 saturated heterocycles. The summed E-state index contributed by atoms with van der Waals surface area (Å²) in [4.78, 5) is 0. The monoisotopic (exact) mass is 198 g/mol. The third-order valence-corrected chi connectivity index (χ3v) is 3.18. The summed E-state index contributed by atoms with van der Waals surface area (Å²) in [7, 11) is 0. The van der Waals surface area contributed by atoms with Crippen molar-refractivity contribution >= 4 is 0 Å². The van der Waals surface area contributed by atoms with Crippen molar-refractivity contribution in [2.75, 3.05) is 0 Å². The fourth-order valence-electron chi connectivity index (χ4n) is 3.14. The minimum Gasteiger partial charge on any atom is -0.0654 e. The van der Waals surface area contributed by atoms with Crippen LogP contribution in [0.25, 0.3) is 0 Å². The first-order valence-corrected chi connectivity index (χ1v) is 6.60. The highest BCUT2D eigenvalue weighted by atomic mass is 14.3. The van der Waals surface area contributed by atoms with Gasteiger partial charge in [-0.1, -0.05) is 53.9 Å². The molecule has 0 heterocycles. The Labute approximate surface area is 91.5 Å². The molecular weight excluding hydrogens is 168 g/mol. The van der Waals surface area contributed by atoms with Gasteiger partial charge in [0, 0.05) is 0 Å². The fraction of sp³-hybridized carbons (Fsp3) is 1.00. The van der Waals surface area contributed by atoms with Crippen LogP contribution in [0.5, 0.6) is 0 Å². The summed E-state index contributed by atoms with van der Waals surface area (Å²) in [5, 5.41) is 0. The van der Waals surface area contributed by atoms with E-state index in [1.165, 1.54) is 44.9 Å². The molecule has 0 N–H and O–H groups in total. The molecular formula is C14H30. The Morgan fingerprint density at radius 2 is 1.14 bits per heavy atom. The SMILES string of the molecule is CCCC(CCC)(CCC)CC(C)C. The lowest BCUT2D eigenvalue weighted by Gasteiger charge is -2.35. The first-order chi connectivity index (χ1) is 6.60. The molecule has 14 heavy (non-hydrogen) atoms. The lowest BCUT2D eigenvalue weighted by Crippen LogP contribution is -2.22. The molecule has 0 nitrogen and oxygen atoms in total. The van der Waals surface area contributed by atoms with Crippen LogP contribution < -0.4 is 0 Å². The van der Waals surface area contributed by atoms with Gasteiger partial charge in [-0.3, -0.25) is 0 Å². The van der Waals surface area contributed by atoms with Gasteiger partial charge in [0.05, 0.1) is 0 Å². The molecule has 0 fully saturated rings. The maximum atomic E-state index is 2.37. The summed E-state index contributed by atoms with van der Waals surface area (Å²) in [5.41, 5.74) is 0.673. The number of hydrogen-bond acceptors (Lipinski definition) is 0. The van der Waals surface area contributed by atoms with Crippen LogP contribution >= 0.6 is 0 Å². The van der Waals surface area contributed by atoms with Crippen LogP contribution in [0, 0.1) is 11.3 Å². The van der Waals surface area contributed by atoms with Crippen LogP contribution in [0.3, 0.4) is 0 Å². The van der Waals surface area contributed by atoms with E-state index < -0.39 is 0 Å². The molecule has 0 heteroatoms. The molecule has 0 radical (unpaired) electrons. The highest BCUT2D eigenvalue weighted by Gasteiger charge is 2.27. The molecule has 0 aliphatic heterocycles. The third kappa shape index (κ3) is 5.02. The van der Waals surface area contributed by atoms with Gasteiger partial charge >= 0.3 is 0 Å². The molecule has 0 bridgehead atoms. The van der Waals surface area contributed by atoms with Crippen molar-refractivity contribution in [3.63, 3.8) is 0 Å². The highest BCUT2D eigenvalue weighted by Crippen LogP contribution is 2.40. The molecule has 0 aromatic heterocycles. The average molecular weight is 198 g/mol. The zero-order valence-electron chi connectivity index (χ0n) is 11.0. The Hall–Kier alpha value is 0. The second-order valence-corrected chi connectivity index (χ2v) is 5.35. The van der Waals surface area contributed by atoms with Gasteiger partial charge in [0.2, 0.25) is 0 Å². The second kappa shape index (κ2) is 7.31. The Morgan fingerprint density at radius 1 is 0.786 bits per heavy atom. The molecule has 0 aromatic carbocycles. The van der Waals surface area contributed by atoms with Crippen LogP contribution in [0.2, 0.25) is 0 Å². The van der Waals surface area contributed by atoms with Crippen LogP contribution in [0.4, 0.5) is 0 Å². The van der Waals surface area contributed by atoms with Gasteiger partial charge < -0.3 is 0 Å². The van der Waals surface area contributed by atoms with Crippen molar-refractivity contribution < 1.29 is 0 Å². The van der Waals surface area contributed by atoms with Gasteiger partial charge in [-0.15, -0.1) is 0 Å². The minimum absolute atomic E-state index is 0.673. The maximum Gasteiger partial charge on any atom is -0.0295 e. The molecule has 0 atom stereocenters. The summed E-state index contributed by atoms with van der Waals surface area (Å²) < 4.78 is 0. The zero-order valence-corrected chi connectivity index (χ0v) is 11.0. The topological polar surface area (TPSA) is 0 Å². The van der Waals surface area contributed by atoms with Crippen LogP contribution in [-0.2, 0) is 0 Å². The molecule has 0 aliphatic rings. The van der Waals surface area contributed by atoms with Crippen LogP contribution in [0.15, 0.2) is 0 Å². The standard InChI is InChI=1S/C14H30/c1-6-9-14(10-7-2,11-8-3)12-13(4)5/h13H,6-12H2,1-5H3. The van der Waals surface area contributed by atoms with Crippen molar-refractivity contribution in [2.24, 2.45) is 11.3 Å². The molecule has 0 amide bonds. The molecule has 0 aromatic rings. The molecule has 0 saturated carbocycles. The Balaban J connectivity index is 4.37. The highest BCUT2D eigenvalue weighted by molar-refractivity contribution is 4.79. The van der Waals surface area contributed by atoms with Crippen molar-refractivity contribution in [3.05, 3.63) is 0 Å². The summed E-state index contributed by atoms with van der Waals surface area (Å²) in [6, 6.07) is 0. The van der Waals surface area contributed by atoms with E-state index in [0.717, 1.165) is 5.92 Å². The van der Waals surface area contributed by atoms with E-state index in [1.54, 1.807) is 0 Å². The van der Waals surface area contributed by atoms with E-state index in [1.807, 2.05) is 0 Å². The van der Waals surface area contributed by atoms with Crippen LogP contribution in [-0.4, -0.2) is 0 Å². The lowest BCUT2D eigenvalue weighted by atomic mass is 9.70. The van der Waals surface area contributed by atoms with E-state index in [9.17, 15) is 0 Å². The van der Waals surface area contributed by atoms with E-state index in [-0.39, 0.29) is 0 Å². The van der Waals surface area contributed by atoms with E-state index in [2.05, 4.69) is 34.6 Å². The van der Waals surface area contributed by atoms with E-state index >= 15 is 0 Å². The van der Waals surface area contributed by atoms with Crippen LogP contribution in [0.1, 0.15) is 79.6 Å². The van der Waals surface area contributed by atoms with Crippen molar-refractivity contribution in [1.82, 2.24) is 0 Å². The van der Waals surface area contributed by atoms with Crippen molar-refractivity contribution in [2.45, 2.75) is 79.6 Å². The summed E-state index contributed by atoms with van der Waals surface area (Å²) in [6.07, 6.45) is 9.81. The minimum atomic E-state index is 0.673. The lowest BCUT2D eigenvalue weighted by molar-refractivity contribution is 0.167. The second-order valence-electron chi connectivity index (χ2n) is 5.35. The number of hydrogen-bond donors (Lipinski definition) is 0. The average Bonchev–Trinajstić information content (AvgIpc) is 2.03. The predicted molar refractivity (Wildman–Crippen MR) is 66.6 cm³/mol. The Morgan fingerprint density at radius 3 is 1.36 bits per heavy atom. The predicted octanol–water partition coefficient (Wildman–Crippen LogP) is 5.42. The normalized spacial score (nSPS) is 12.4. The molecule has 0 rings (SSSR count). The van der Waals surface area contributed by atoms with Gasteiger partial charge in [0.25, 0.3) is 0 Å². The van der Waals surface area contributed by atoms with Gasteiger partial charge in [0.1, 0.15) is 0 Å². The molecule has 86 valence electrons. The molecule has 0 aliphatic carbocycles. The summed E-state index contributed by atoms with van der Waals surface area (Å²) in [6.45, 7) is 11.7. The third-order valence-electron chi connectivity index (χ3n) is 3.18. The Kier molecular flexibility index (Phi) is 7.31. The molecule has 0 spiro atoms.